The van der Waals surface area contributed by atoms with Crippen LogP contribution in [0.5, 0.6) is 17.2 Å². The third-order valence-electron chi connectivity index (χ3n) is 4.47. The lowest BCUT2D eigenvalue weighted by Crippen LogP contribution is -2.49. The maximum absolute atomic E-state index is 13.0. The zero-order valence-corrected chi connectivity index (χ0v) is 19.2. The first-order chi connectivity index (χ1) is 14.4. The molecule has 2 aromatic carbocycles. The summed E-state index contributed by atoms with van der Waals surface area (Å²) >= 11 is 3.40. The Morgan fingerprint density at radius 3 is 2.13 bits per heavy atom. The summed E-state index contributed by atoms with van der Waals surface area (Å²) in [6, 6.07) is 12.0. The van der Waals surface area contributed by atoms with Crippen LogP contribution in [0.3, 0.4) is 0 Å². The van der Waals surface area contributed by atoms with E-state index < -0.39 is 6.04 Å². The lowest BCUT2D eigenvalue weighted by molar-refractivity contribution is -0.142. The van der Waals surface area contributed by atoms with Gasteiger partial charge in [-0.15, -0.1) is 0 Å². The van der Waals surface area contributed by atoms with Crippen molar-refractivity contribution in [3.8, 4) is 17.2 Å². The van der Waals surface area contributed by atoms with Crippen LogP contribution >= 0.6 is 15.9 Å². The Bertz CT molecular complexity index is 835. The van der Waals surface area contributed by atoms with Gasteiger partial charge in [-0.2, -0.15) is 0 Å². The molecule has 2 rings (SSSR count). The molecule has 0 aliphatic carbocycles. The fraction of sp³-hybridized carbons (Fsp3) is 0.364. The van der Waals surface area contributed by atoms with Gasteiger partial charge in [-0.25, -0.2) is 0 Å². The van der Waals surface area contributed by atoms with E-state index in [0.717, 1.165) is 10.0 Å². The first-order valence-electron chi connectivity index (χ1n) is 9.55. The number of nitrogens with one attached hydrogen (secondary N) is 1. The molecular formula is C22H27BrN2O5. The van der Waals surface area contributed by atoms with Gasteiger partial charge in [0.2, 0.25) is 5.91 Å². The minimum atomic E-state index is -0.649. The van der Waals surface area contributed by atoms with Gasteiger partial charge in [0.15, 0.2) is 6.61 Å². The lowest BCUT2D eigenvalue weighted by atomic mass is 10.1. The molecule has 1 atom stereocenters. The van der Waals surface area contributed by atoms with Crippen molar-refractivity contribution in [3.05, 3.63) is 52.5 Å². The average molecular weight is 479 g/mol. The molecule has 0 fully saturated rings. The van der Waals surface area contributed by atoms with E-state index in [0.29, 0.717) is 23.8 Å². The van der Waals surface area contributed by atoms with Crippen molar-refractivity contribution in [1.29, 1.82) is 0 Å². The third-order valence-corrected chi connectivity index (χ3v) is 5.00. The summed E-state index contributed by atoms with van der Waals surface area (Å²) in [6.07, 6.45) is 0. The number of carbonyl (C=O) groups is 2. The zero-order valence-electron chi connectivity index (χ0n) is 17.6. The van der Waals surface area contributed by atoms with E-state index in [2.05, 4.69) is 21.2 Å². The molecule has 0 bridgehead atoms. The smallest absolute Gasteiger partial charge is 0.261 e. The molecule has 1 N–H and O–H groups in total. The van der Waals surface area contributed by atoms with E-state index >= 15 is 0 Å². The molecule has 0 heterocycles. The van der Waals surface area contributed by atoms with E-state index in [1.807, 2.05) is 31.2 Å². The Labute approximate surface area is 185 Å². The number of halogens is 1. The number of hydrogen-bond donors (Lipinski definition) is 1. The highest BCUT2D eigenvalue weighted by atomic mass is 79.9. The van der Waals surface area contributed by atoms with Gasteiger partial charge in [0, 0.05) is 35.8 Å². The van der Waals surface area contributed by atoms with E-state index in [1.54, 1.807) is 25.1 Å². The summed E-state index contributed by atoms with van der Waals surface area (Å²) in [7, 11) is 3.08. The molecule has 8 heteroatoms. The SMILES string of the molecule is CCNC(=O)[C@H](C)N(Cc1ccc(Br)cc1)C(=O)COc1cc(OC)cc(OC)c1. The fourth-order valence-corrected chi connectivity index (χ4v) is 3.05. The number of amides is 2. The number of rotatable bonds is 10. The van der Waals surface area contributed by atoms with Gasteiger partial charge in [0.05, 0.1) is 14.2 Å². The van der Waals surface area contributed by atoms with Gasteiger partial charge in [-0.1, -0.05) is 28.1 Å². The van der Waals surface area contributed by atoms with Gasteiger partial charge < -0.3 is 24.4 Å². The minimum Gasteiger partial charge on any atom is -0.496 e. The second-order valence-electron chi connectivity index (χ2n) is 6.56. The van der Waals surface area contributed by atoms with Gasteiger partial charge in [-0.05, 0) is 31.5 Å². The van der Waals surface area contributed by atoms with E-state index in [1.165, 1.54) is 19.1 Å². The summed E-state index contributed by atoms with van der Waals surface area (Å²) in [5.41, 5.74) is 0.908. The lowest BCUT2D eigenvalue weighted by Gasteiger charge is -2.28. The predicted molar refractivity (Wildman–Crippen MR) is 118 cm³/mol. The second-order valence-corrected chi connectivity index (χ2v) is 7.47. The molecule has 0 radical (unpaired) electrons. The topological polar surface area (TPSA) is 77.1 Å². The second kappa shape index (κ2) is 11.4. The zero-order chi connectivity index (χ0) is 22.1. The van der Waals surface area contributed by atoms with Crippen LogP contribution in [-0.2, 0) is 16.1 Å². The summed E-state index contributed by atoms with van der Waals surface area (Å²) in [6.45, 7) is 4.09. The van der Waals surface area contributed by atoms with Crippen molar-refractivity contribution in [2.45, 2.75) is 26.4 Å². The highest BCUT2D eigenvalue weighted by Gasteiger charge is 2.26. The summed E-state index contributed by atoms with van der Waals surface area (Å²) in [5.74, 6) is 1.02. The van der Waals surface area contributed by atoms with Crippen LogP contribution in [0.1, 0.15) is 19.4 Å². The van der Waals surface area contributed by atoms with Crippen molar-refractivity contribution in [3.63, 3.8) is 0 Å². The highest BCUT2D eigenvalue weighted by Crippen LogP contribution is 2.27. The van der Waals surface area contributed by atoms with E-state index in [9.17, 15) is 9.59 Å². The Balaban J connectivity index is 2.17. The molecule has 0 aliphatic rings. The van der Waals surface area contributed by atoms with Crippen LogP contribution in [0.2, 0.25) is 0 Å². The quantitative estimate of drug-likeness (QED) is 0.566. The number of likely N-dealkylation sites (N-methyl/N-ethyl adjacent to an activating group) is 1. The number of carbonyl (C=O) groups excluding carboxylic acids is 2. The van der Waals surface area contributed by atoms with Crippen molar-refractivity contribution < 1.29 is 23.8 Å². The summed E-state index contributed by atoms with van der Waals surface area (Å²) in [5, 5.41) is 2.77. The summed E-state index contributed by atoms with van der Waals surface area (Å²) in [4.78, 5) is 26.9. The standard InChI is InChI=1S/C22H27BrN2O5/c1-5-24-22(27)15(2)25(13-16-6-8-17(23)9-7-16)21(26)14-30-20-11-18(28-3)10-19(12-20)29-4/h6-12,15H,5,13-14H2,1-4H3,(H,24,27)/t15-/m0/s1. The number of methoxy groups -OCH3 is 2. The molecule has 0 unspecified atom stereocenters. The molecule has 2 aromatic rings. The average Bonchev–Trinajstić information content (AvgIpc) is 2.76. The Morgan fingerprint density at radius 2 is 1.60 bits per heavy atom. The molecular weight excluding hydrogens is 452 g/mol. The summed E-state index contributed by atoms with van der Waals surface area (Å²) < 4.78 is 17.1. The molecule has 30 heavy (non-hydrogen) atoms. The predicted octanol–water partition coefficient (Wildman–Crippen LogP) is 3.40. The molecule has 0 aliphatic heterocycles. The number of ether oxygens (including phenoxy) is 3. The Morgan fingerprint density at radius 1 is 1.03 bits per heavy atom. The molecule has 162 valence electrons. The Hall–Kier alpha value is -2.74. The van der Waals surface area contributed by atoms with Gasteiger partial charge >= 0.3 is 0 Å². The van der Waals surface area contributed by atoms with Crippen molar-refractivity contribution in [2.75, 3.05) is 27.4 Å². The highest BCUT2D eigenvalue weighted by molar-refractivity contribution is 9.10. The maximum atomic E-state index is 13.0. The van der Waals surface area contributed by atoms with E-state index in [-0.39, 0.29) is 25.0 Å². The molecule has 0 saturated carbocycles. The van der Waals surface area contributed by atoms with E-state index in [4.69, 9.17) is 14.2 Å². The van der Waals surface area contributed by atoms with Crippen molar-refractivity contribution in [1.82, 2.24) is 10.2 Å². The number of hydrogen-bond acceptors (Lipinski definition) is 5. The third kappa shape index (κ3) is 6.66. The molecule has 2 amide bonds. The van der Waals surface area contributed by atoms with Gasteiger partial charge in [0.1, 0.15) is 23.3 Å². The Kier molecular flexibility index (Phi) is 8.98. The normalized spacial score (nSPS) is 11.4. The van der Waals surface area contributed by atoms with Crippen molar-refractivity contribution in [2.24, 2.45) is 0 Å². The van der Waals surface area contributed by atoms with Crippen LogP contribution in [-0.4, -0.2) is 50.1 Å². The van der Waals surface area contributed by atoms with Gasteiger partial charge in [0.25, 0.3) is 5.91 Å². The first kappa shape index (κ1) is 23.5. The van der Waals surface area contributed by atoms with Gasteiger partial charge in [-0.3, -0.25) is 9.59 Å². The largest absolute Gasteiger partial charge is 0.496 e. The molecule has 0 saturated heterocycles. The molecule has 7 nitrogen and oxygen atoms in total. The number of nitrogens with zero attached hydrogens (tertiary/aromatic N) is 1. The van der Waals surface area contributed by atoms with Crippen LogP contribution in [0.4, 0.5) is 0 Å². The molecule has 0 aromatic heterocycles. The van der Waals surface area contributed by atoms with Crippen LogP contribution < -0.4 is 19.5 Å². The van der Waals surface area contributed by atoms with Crippen LogP contribution in [0, 0.1) is 0 Å². The monoisotopic (exact) mass is 478 g/mol. The van der Waals surface area contributed by atoms with Crippen molar-refractivity contribution >= 4 is 27.7 Å². The van der Waals surface area contributed by atoms with Crippen LogP contribution in [0.15, 0.2) is 46.9 Å². The first-order valence-corrected chi connectivity index (χ1v) is 10.3. The minimum absolute atomic E-state index is 0.217. The molecule has 0 spiro atoms. The maximum Gasteiger partial charge on any atom is 0.261 e. The fourth-order valence-electron chi connectivity index (χ4n) is 2.78. The number of benzene rings is 2. The van der Waals surface area contributed by atoms with Crippen LogP contribution in [0.25, 0.3) is 0 Å².